The van der Waals surface area contributed by atoms with E-state index in [9.17, 15) is 9.18 Å². The van der Waals surface area contributed by atoms with Gasteiger partial charge in [0.2, 0.25) is 0 Å². The summed E-state index contributed by atoms with van der Waals surface area (Å²) in [5.41, 5.74) is 1.46. The number of methoxy groups -OCH3 is 1. The number of ether oxygens (including phenoxy) is 1. The summed E-state index contributed by atoms with van der Waals surface area (Å²) in [6.45, 7) is 3.40. The molecule has 0 saturated carbocycles. The van der Waals surface area contributed by atoms with Gasteiger partial charge >= 0.3 is 0 Å². The van der Waals surface area contributed by atoms with E-state index < -0.39 is 5.82 Å². The van der Waals surface area contributed by atoms with Crippen LogP contribution in [0.2, 0.25) is 0 Å². The number of hydrogen-bond donors (Lipinski definition) is 1. The molecule has 0 atom stereocenters. The third-order valence-corrected chi connectivity index (χ3v) is 6.29. The van der Waals surface area contributed by atoms with Crippen molar-refractivity contribution in [3.63, 3.8) is 0 Å². The van der Waals surface area contributed by atoms with Gasteiger partial charge in [0.1, 0.15) is 17.4 Å². The van der Waals surface area contributed by atoms with Gasteiger partial charge in [-0.05, 0) is 35.0 Å². The molecule has 7 nitrogen and oxygen atoms in total. The summed E-state index contributed by atoms with van der Waals surface area (Å²) < 4.78 is 21.2. The normalized spacial score (nSPS) is 13.9. The molecule has 1 aliphatic rings. The zero-order valence-corrected chi connectivity index (χ0v) is 19.0. The minimum atomic E-state index is -0.438. The molecule has 174 valence electrons. The second-order valence-corrected chi connectivity index (χ2v) is 8.37. The minimum Gasteiger partial charge on any atom is -0.496 e. The molecule has 34 heavy (non-hydrogen) atoms. The molecule has 5 rings (SSSR count). The van der Waals surface area contributed by atoms with Crippen molar-refractivity contribution in [1.82, 2.24) is 25.0 Å². The molecule has 0 spiro atoms. The fourth-order valence-corrected chi connectivity index (χ4v) is 4.50. The van der Waals surface area contributed by atoms with Crippen LogP contribution in [0.4, 0.5) is 4.39 Å². The summed E-state index contributed by atoms with van der Waals surface area (Å²) in [6.07, 6.45) is 0.762. The maximum Gasteiger partial charge on any atom is 0.251 e. The molecular formula is C26H26FN5O2. The maximum atomic E-state index is 13.4. The van der Waals surface area contributed by atoms with Crippen molar-refractivity contribution < 1.29 is 13.9 Å². The number of hydrogen-bond acceptors (Lipinski definition) is 5. The van der Waals surface area contributed by atoms with Crippen LogP contribution in [0.1, 0.15) is 27.6 Å². The van der Waals surface area contributed by atoms with E-state index in [1.54, 1.807) is 13.2 Å². The Morgan fingerprint density at radius 1 is 1.06 bits per heavy atom. The van der Waals surface area contributed by atoms with Gasteiger partial charge in [-0.2, -0.15) is 0 Å². The first kappa shape index (κ1) is 22.0. The van der Waals surface area contributed by atoms with Crippen LogP contribution in [0.25, 0.3) is 10.8 Å². The van der Waals surface area contributed by atoms with Crippen molar-refractivity contribution in [3.05, 3.63) is 89.3 Å². The molecule has 1 amide bonds. The van der Waals surface area contributed by atoms with Crippen molar-refractivity contribution >= 4 is 16.7 Å². The van der Waals surface area contributed by atoms with Gasteiger partial charge in [-0.3, -0.25) is 9.69 Å². The SMILES string of the molecule is COc1ccc2ccccc2c1CN1CCc2nnc(CNC(=O)c3cccc(F)c3)n2CC1. The maximum absolute atomic E-state index is 13.4. The molecule has 1 aliphatic heterocycles. The monoisotopic (exact) mass is 459 g/mol. The molecule has 1 aromatic heterocycles. The first-order chi connectivity index (χ1) is 16.6. The molecule has 2 heterocycles. The van der Waals surface area contributed by atoms with E-state index >= 15 is 0 Å². The first-order valence-electron chi connectivity index (χ1n) is 11.3. The highest BCUT2D eigenvalue weighted by Gasteiger charge is 2.21. The minimum absolute atomic E-state index is 0.236. The van der Waals surface area contributed by atoms with Gasteiger partial charge in [0, 0.05) is 43.7 Å². The smallest absolute Gasteiger partial charge is 0.251 e. The van der Waals surface area contributed by atoms with Gasteiger partial charge in [0.15, 0.2) is 5.82 Å². The molecule has 1 N–H and O–H groups in total. The highest BCUT2D eigenvalue weighted by molar-refractivity contribution is 5.94. The molecule has 0 radical (unpaired) electrons. The van der Waals surface area contributed by atoms with Crippen LogP contribution < -0.4 is 10.1 Å². The summed E-state index contributed by atoms with van der Waals surface area (Å²) in [4.78, 5) is 14.8. The van der Waals surface area contributed by atoms with Crippen molar-refractivity contribution in [3.8, 4) is 5.75 Å². The Kier molecular flexibility index (Phi) is 6.22. The van der Waals surface area contributed by atoms with E-state index in [4.69, 9.17) is 4.74 Å². The lowest BCUT2D eigenvalue weighted by atomic mass is 10.0. The predicted molar refractivity (Wildman–Crippen MR) is 127 cm³/mol. The number of benzene rings is 3. The molecule has 8 heteroatoms. The molecule has 0 unspecified atom stereocenters. The Bertz CT molecular complexity index is 1340. The lowest BCUT2D eigenvalue weighted by Crippen LogP contribution is -2.28. The average molecular weight is 460 g/mol. The zero-order valence-electron chi connectivity index (χ0n) is 19.0. The molecular weight excluding hydrogens is 433 g/mol. The Labute approximate surface area is 197 Å². The van der Waals surface area contributed by atoms with Crippen LogP contribution in [-0.4, -0.2) is 45.8 Å². The van der Waals surface area contributed by atoms with E-state index in [2.05, 4.69) is 49.2 Å². The van der Waals surface area contributed by atoms with Gasteiger partial charge in [-0.1, -0.05) is 36.4 Å². The number of nitrogens with one attached hydrogen (secondary N) is 1. The van der Waals surface area contributed by atoms with Crippen molar-refractivity contribution in [1.29, 1.82) is 0 Å². The summed E-state index contributed by atoms with van der Waals surface area (Å²) in [5, 5.41) is 13.9. The second kappa shape index (κ2) is 9.61. The fraction of sp³-hybridized carbons (Fsp3) is 0.269. The number of fused-ring (bicyclic) bond motifs is 2. The molecule has 3 aromatic carbocycles. The number of carbonyl (C=O) groups excluding carboxylic acids is 1. The predicted octanol–water partition coefficient (Wildman–Crippen LogP) is 3.57. The van der Waals surface area contributed by atoms with Crippen LogP contribution in [-0.2, 0) is 26.1 Å². The van der Waals surface area contributed by atoms with Crippen LogP contribution >= 0.6 is 0 Å². The van der Waals surface area contributed by atoms with E-state index in [-0.39, 0.29) is 18.0 Å². The summed E-state index contributed by atoms with van der Waals surface area (Å²) in [5.74, 6) is 1.72. The summed E-state index contributed by atoms with van der Waals surface area (Å²) >= 11 is 0. The van der Waals surface area contributed by atoms with Gasteiger partial charge < -0.3 is 14.6 Å². The number of aromatic nitrogens is 3. The molecule has 0 bridgehead atoms. The first-order valence-corrected chi connectivity index (χ1v) is 11.3. The van der Waals surface area contributed by atoms with Crippen LogP contribution in [0.3, 0.4) is 0 Å². The average Bonchev–Trinajstić information content (AvgIpc) is 3.14. The summed E-state index contributed by atoms with van der Waals surface area (Å²) in [7, 11) is 1.71. The van der Waals surface area contributed by atoms with E-state index in [0.717, 1.165) is 44.2 Å². The van der Waals surface area contributed by atoms with Crippen LogP contribution in [0.15, 0.2) is 60.7 Å². The zero-order chi connectivity index (χ0) is 23.5. The molecule has 4 aromatic rings. The highest BCUT2D eigenvalue weighted by Crippen LogP contribution is 2.29. The van der Waals surface area contributed by atoms with Gasteiger partial charge in [0.05, 0.1) is 13.7 Å². The number of amides is 1. The van der Waals surface area contributed by atoms with Gasteiger partial charge in [-0.15, -0.1) is 10.2 Å². The Morgan fingerprint density at radius 2 is 1.94 bits per heavy atom. The van der Waals surface area contributed by atoms with Crippen molar-refractivity contribution in [2.75, 3.05) is 20.2 Å². The van der Waals surface area contributed by atoms with Gasteiger partial charge in [-0.25, -0.2) is 4.39 Å². The molecule has 0 fully saturated rings. The van der Waals surface area contributed by atoms with Crippen molar-refractivity contribution in [2.24, 2.45) is 0 Å². The molecule has 0 saturated heterocycles. The van der Waals surface area contributed by atoms with Gasteiger partial charge in [0.25, 0.3) is 5.91 Å². The van der Waals surface area contributed by atoms with E-state index in [1.165, 1.54) is 34.5 Å². The fourth-order valence-electron chi connectivity index (χ4n) is 4.50. The number of rotatable bonds is 6. The molecule has 0 aliphatic carbocycles. The Morgan fingerprint density at radius 3 is 2.79 bits per heavy atom. The lowest BCUT2D eigenvalue weighted by Gasteiger charge is -2.22. The lowest BCUT2D eigenvalue weighted by molar-refractivity contribution is 0.0949. The van der Waals surface area contributed by atoms with Crippen LogP contribution in [0, 0.1) is 5.82 Å². The van der Waals surface area contributed by atoms with E-state index in [0.29, 0.717) is 5.82 Å². The quantitative estimate of drug-likeness (QED) is 0.477. The topological polar surface area (TPSA) is 72.3 Å². The Hall–Kier alpha value is -3.78. The Balaban J connectivity index is 1.28. The third-order valence-electron chi connectivity index (χ3n) is 6.29. The van der Waals surface area contributed by atoms with Crippen LogP contribution in [0.5, 0.6) is 5.75 Å². The summed E-state index contributed by atoms with van der Waals surface area (Å²) in [6, 6.07) is 18.1. The number of nitrogens with zero attached hydrogens (tertiary/aromatic N) is 4. The standard InChI is InChI=1S/C26H26FN5O2/c1-34-23-10-9-18-5-2-3-8-21(18)22(23)17-31-12-11-24-29-30-25(32(24)14-13-31)16-28-26(33)19-6-4-7-20(27)15-19/h2-10,15H,11-14,16-17H2,1H3,(H,28,33). The number of halogens is 1. The number of carbonyl (C=O) groups is 1. The van der Waals surface area contributed by atoms with E-state index in [1.807, 2.05) is 12.1 Å². The highest BCUT2D eigenvalue weighted by atomic mass is 19.1. The third kappa shape index (κ3) is 4.49. The van der Waals surface area contributed by atoms with Crippen molar-refractivity contribution in [2.45, 2.75) is 26.1 Å². The largest absolute Gasteiger partial charge is 0.496 e. The second-order valence-electron chi connectivity index (χ2n) is 8.37.